The molecule has 3 atom stereocenters. The molecule has 0 aromatic rings. The van der Waals surface area contributed by atoms with Gasteiger partial charge in [0.15, 0.2) is 0 Å². The molecule has 0 spiro atoms. The second-order valence-corrected chi connectivity index (χ2v) is 4.19. The molecular weight excluding hydrogens is 176 g/mol. The van der Waals surface area contributed by atoms with Crippen molar-refractivity contribution >= 4 is 0 Å². The number of rotatable bonds is 5. The van der Waals surface area contributed by atoms with Crippen molar-refractivity contribution < 1.29 is 4.74 Å². The second-order valence-electron chi connectivity index (χ2n) is 4.19. The summed E-state index contributed by atoms with van der Waals surface area (Å²) in [5.74, 6) is 0. The summed E-state index contributed by atoms with van der Waals surface area (Å²) in [7, 11) is 3.86. The Kier molecular flexibility index (Phi) is 4.85. The van der Waals surface area contributed by atoms with Crippen molar-refractivity contribution in [2.45, 2.75) is 44.9 Å². The Morgan fingerprint density at radius 3 is 2.71 bits per heavy atom. The van der Waals surface area contributed by atoms with E-state index in [9.17, 15) is 0 Å². The van der Waals surface area contributed by atoms with Gasteiger partial charge in [-0.1, -0.05) is 6.92 Å². The predicted molar refractivity (Wildman–Crippen MR) is 59.6 cm³/mol. The smallest absolute Gasteiger partial charge is 0.0710 e. The maximum Gasteiger partial charge on any atom is 0.0710 e. The first kappa shape index (κ1) is 12.0. The van der Waals surface area contributed by atoms with Gasteiger partial charge in [0.2, 0.25) is 0 Å². The molecule has 0 aromatic heterocycles. The molecule has 1 heterocycles. The topological polar surface area (TPSA) is 24.5 Å². The van der Waals surface area contributed by atoms with E-state index in [0.717, 1.165) is 6.54 Å². The SMILES string of the molecule is CCC(NC)C(C)N1CCC(OC)C1. The molecule has 3 heteroatoms. The van der Waals surface area contributed by atoms with Gasteiger partial charge in [0, 0.05) is 32.3 Å². The number of likely N-dealkylation sites (N-methyl/N-ethyl adjacent to an activating group) is 1. The molecule has 1 N–H and O–H groups in total. The number of methoxy groups -OCH3 is 1. The van der Waals surface area contributed by atoms with Crippen LogP contribution in [0.5, 0.6) is 0 Å². The minimum Gasteiger partial charge on any atom is -0.380 e. The van der Waals surface area contributed by atoms with Gasteiger partial charge in [0.1, 0.15) is 0 Å². The molecule has 0 aromatic carbocycles. The van der Waals surface area contributed by atoms with Crippen LogP contribution in [-0.4, -0.2) is 50.3 Å². The van der Waals surface area contributed by atoms with Gasteiger partial charge in [-0.05, 0) is 26.8 Å². The van der Waals surface area contributed by atoms with Crippen LogP contribution in [-0.2, 0) is 4.74 Å². The average Bonchev–Trinajstić information content (AvgIpc) is 2.67. The van der Waals surface area contributed by atoms with E-state index in [1.165, 1.54) is 19.4 Å². The lowest BCUT2D eigenvalue weighted by Gasteiger charge is -2.31. The highest BCUT2D eigenvalue weighted by Gasteiger charge is 2.28. The van der Waals surface area contributed by atoms with Gasteiger partial charge < -0.3 is 10.1 Å². The van der Waals surface area contributed by atoms with Gasteiger partial charge in [-0.3, -0.25) is 4.90 Å². The minimum atomic E-state index is 0.451. The molecule has 1 aliphatic rings. The lowest BCUT2D eigenvalue weighted by atomic mass is 10.1. The Morgan fingerprint density at radius 1 is 1.57 bits per heavy atom. The van der Waals surface area contributed by atoms with Crippen molar-refractivity contribution in [3.8, 4) is 0 Å². The molecule has 1 saturated heterocycles. The van der Waals surface area contributed by atoms with Crippen LogP contribution in [0.1, 0.15) is 26.7 Å². The van der Waals surface area contributed by atoms with E-state index in [1.54, 1.807) is 0 Å². The molecule has 0 bridgehead atoms. The summed E-state index contributed by atoms with van der Waals surface area (Å²) < 4.78 is 5.38. The van der Waals surface area contributed by atoms with E-state index in [-0.39, 0.29) is 0 Å². The molecule has 84 valence electrons. The summed E-state index contributed by atoms with van der Waals surface area (Å²) >= 11 is 0. The van der Waals surface area contributed by atoms with Gasteiger partial charge in [-0.2, -0.15) is 0 Å². The highest BCUT2D eigenvalue weighted by molar-refractivity contribution is 4.85. The van der Waals surface area contributed by atoms with Crippen LogP contribution in [0, 0.1) is 0 Å². The van der Waals surface area contributed by atoms with Crippen LogP contribution >= 0.6 is 0 Å². The van der Waals surface area contributed by atoms with Gasteiger partial charge in [-0.15, -0.1) is 0 Å². The second kappa shape index (κ2) is 5.69. The summed E-state index contributed by atoms with van der Waals surface area (Å²) in [5, 5.41) is 3.38. The Balaban J connectivity index is 2.41. The maximum absolute atomic E-state index is 5.38. The Hall–Kier alpha value is -0.120. The highest BCUT2D eigenvalue weighted by Crippen LogP contribution is 2.17. The fraction of sp³-hybridized carbons (Fsp3) is 1.00. The molecule has 0 amide bonds. The zero-order valence-electron chi connectivity index (χ0n) is 9.92. The third-order valence-electron chi connectivity index (χ3n) is 3.48. The third kappa shape index (κ3) is 2.69. The van der Waals surface area contributed by atoms with Gasteiger partial charge in [0.25, 0.3) is 0 Å². The summed E-state index contributed by atoms with van der Waals surface area (Å²) in [6.45, 7) is 6.82. The number of hydrogen-bond acceptors (Lipinski definition) is 3. The van der Waals surface area contributed by atoms with E-state index < -0.39 is 0 Å². The largest absolute Gasteiger partial charge is 0.380 e. The Labute approximate surface area is 87.8 Å². The van der Waals surface area contributed by atoms with Crippen molar-refractivity contribution in [3.05, 3.63) is 0 Å². The standard InChI is InChI=1S/C11H24N2O/c1-5-11(12-3)9(2)13-7-6-10(8-13)14-4/h9-12H,5-8H2,1-4H3. The number of nitrogens with one attached hydrogen (secondary N) is 1. The van der Waals surface area contributed by atoms with E-state index >= 15 is 0 Å². The molecule has 1 rings (SSSR count). The Morgan fingerprint density at radius 2 is 2.29 bits per heavy atom. The predicted octanol–water partition coefficient (Wildman–Crippen LogP) is 1.09. The zero-order chi connectivity index (χ0) is 10.6. The van der Waals surface area contributed by atoms with E-state index in [0.29, 0.717) is 18.2 Å². The molecule has 3 unspecified atom stereocenters. The lowest BCUT2D eigenvalue weighted by Crippen LogP contribution is -2.46. The van der Waals surface area contributed by atoms with Crippen LogP contribution in [0.2, 0.25) is 0 Å². The average molecular weight is 200 g/mol. The van der Waals surface area contributed by atoms with E-state index in [1.807, 2.05) is 7.11 Å². The van der Waals surface area contributed by atoms with Crippen LogP contribution in [0.4, 0.5) is 0 Å². The molecule has 0 radical (unpaired) electrons. The highest BCUT2D eigenvalue weighted by atomic mass is 16.5. The number of ether oxygens (including phenoxy) is 1. The molecule has 3 nitrogen and oxygen atoms in total. The van der Waals surface area contributed by atoms with Crippen LogP contribution in [0.15, 0.2) is 0 Å². The van der Waals surface area contributed by atoms with Gasteiger partial charge in [-0.25, -0.2) is 0 Å². The Bertz CT molecular complexity index is 159. The zero-order valence-corrected chi connectivity index (χ0v) is 9.92. The molecule has 0 saturated carbocycles. The van der Waals surface area contributed by atoms with Crippen molar-refractivity contribution in [3.63, 3.8) is 0 Å². The lowest BCUT2D eigenvalue weighted by molar-refractivity contribution is 0.0978. The van der Waals surface area contributed by atoms with Gasteiger partial charge in [0.05, 0.1) is 6.10 Å². The fourth-order valence-electron chi connectivity index (χ4n) is 2.36. The number of likely N-dealkylation sites (tertiary alicyclic amines) is 1. The minimum absolute atomic E-state index is 0.451. The van der Waals surface area contributed by atoms with E-state index in [2.05, 4.69) is 31.1 Å². The van der Waals surface area contributed by atoms with Gasteiger partial charge >= 0.3 is 0 Å². The van der Waals surface area contributed by atoms with Crippen molar-refractivity contribution in [2.75, 3.05) is 27.2 Å². The van der Waals surface area contributed by atoms with Crippen molar-refractivity contribution in [1.82, 2.24) is 10.2 Å². The summed E-state index contributed by atoms with van der Waals surface area (Å²) in [6, 6.07) is 1.22. The quantitative estimate of drug-likeness (QED) is 0.719. The number of nitrogens with zero attached hydrogens (tertiary/aromatic N) is 1. The molecule has 1 fully saturated rings. The first-order valence-electron chi connectivity index (χ1n) is 5.67. The van der Waals surface area contributed by atoms with Crippen LogP contribution < -0.4 is 5.32 Å². The third-order valence-corrected chi connectivity index (χ3v) is 3.48. The molecular formula is C11H24N2O. The summed E-state index contributed by atoms with van der Waals surface area (Å²) in [4.78, 5) is 2.53. The first-order valence-corrected chi connectivity index (χ1v) is 5.67. The summed E-state index contributed by atoms with van der Waals surface area (Å²) in [6.07, 6.45) is 2.82. The normalized spacial score (nSPS) is 27.9. The summed E-state index contributed by atoms with van der Waals surface area (Å²) in [5.41, 5.74) is 0. The van der Waals surface area contributed by atoms with Crippen molar-refractivity contribution in [1.29, 1.82) is 0 Å². The molecule has 1 aliphatic heterocycles. The number of hydrogen-bond donors (Lipinski definition) is 1. The molecule has 0 aliphatic carbocycles. The van der Waals surface area contributed by atoms with Crippen LogP contribution in [0.3, 0.4) is 0 Å². The fourth-order valence-corrected chi connectivity index (χ4v) is 2.36. The van der Waals surface area contributed by atoms with E-state index in [4.69, 9.17) is 4.74 Å². The molecule has 14 heavy (non-hydrogen) atoms. The van der Waals surface area contributed by atoms with Crippen LogP contribution in [0.25, 0.3) is 0 Å². The van der Waals surface area contributed by atoms with Crippen molar-refractivity contribution in [2.24, 2.45) is 0 Å². The monoisotopic (exact) mass is 200 g/mol. The maximum atomic E-state index is 5.38. The first-order chi connectivity index (χ1) is 6.72.